The second-order valence-corrected chi connectivity index (χ2v) is 2.93. The summed E-state index contributed by atoms with van der Waals surface area (Å²) in [7, 11) is -4.76. The first-order valence-corrected chi connectivity index (χ1v) is 4.21. The molecule has 0 atom stereocenters. The zero-order valence-electron chi connectivity index (χ0n) is 5.73. The van der Waals surface area contributed by atoms with Crippen LogP contribution < -0.4 is 4.18 Å². The molecule has 0 amide bonds. The lowest BCUT2D eigenvalue weighted by Crippen LogP contribution is -2.06. The van der Waals surface area contributed by atoms with Gasteiger partial charge in [0, 0.05) is 0 Å². The molecule has 1 rings (SSSR count). The lowest BCUT2D eigenvalue weighted by molar-refractivity contribution is 0.372. The molecule has 0 saturated heterocycles. The van der Waals surface area contributed by atoms with E-state index in [4.69, 9.17) is 0 Å². The number of hydrogen-bond donors (Lipinski definition) is 0. The third-order valence-electron chi connectivity index (χ3n) is 1.01. The highest BCUT2D eigenvalue weighted by molar-refractivity contribution is 7.81. The molecule has 0 bridgehead atoms. The quantitative estimate of drug-likeness (QED) is 0.508. The van der Waals surface area contributed by atoms with E-state index in [1.165, 1.54) is 0 Å². The summed E-state index contributed by atoms with van der Waals surface area (Å²) in [6.45, 7) is 0. The lowest BCUT2D eigenvalue weighted by Gasteiger charge is -2.07. The van der Waals surface area contributed by atoms with Crippen LogP contribution in [-0.2, 0) is 10.4 Å². The van der Waals surface area contributed by atoms with E-state index in [0.29, 0.717) is 0 Å². The van der Waals surface area contributed by atoms with Crippen LogP contribution in [-0.4, -0.2) is 13.0 Å². The van der Waals surface area contributed by atoms with Gasteiger partial charge in [-0.3, -0.25) is 0 Å². The molecule has 0 aromatic heterocycles. The molecule has 0 unspecified atom stereocenters. The van der Waals surface area contributed by atoms with Crippen LogP contribution >= 0.6 is 0 Å². The van der Waals surface area contributed by atoms with Crippen molar-refractivity contribution < 1.29 is 21.5 Å². The topological polar surface area (TPSA) is 66.4 Å². The summed E-state index contributed by atoms with van der Waals surface area (Å²) in [5.74, 6) is -0.739. The van der Waals surface area contributed by atoms with Crippen molar-refractivity contribution in [3.8, 4) is 5.75 Å². The summed E-state index contributed by atoms with van der Waals surface area (Å²) >= 11 is 0. The molecular formula is C6H4FO4S-. The van der Waals surface area contributed by atoms with Gasteiger partial charge in [0.05, 0.1) is 0 Å². The van der Waals surface area contributed by atoms with Crippen molar-refractivity contribution in [3.63, 3.8) is 0 Å². The van der Waals surface area contributed by atoms with Gasteiger partial charge in [0.1, 0.15) is 11.6 Å². The van der Waals surface area contributed by atoms with E-state index in [-0.39, 0.29) is 5.75 Å². The van der Waals surface area contributed by atoms with E-state index in [0.717, 1.165) is 24.3 Å². The summed E-state index contributed by atoms with van der Waals surface area (Å²) in [6, 6.07) is 4.07. The monoisotopic (exact) mass is 191 g/mol. The molecule has 0 aliphatic heterocycles. The summed E-state index contributed by atoms with van der Waals surface area (Å²) in [5, 5.41) is 0. The van der Waals surface area contributed by atoms with Gasteiger partial charge < -0.3 is 8.74 Å². The Morgan fingerprint density at radius 1 is 1.25 bits per heavy atom. The van der Waals surface area contributed by atoms with Gasteiger partial charge >= 0.3 is 0 Å². The summed E-state index contributed by atoms with van der Waals surface area (Å²) in [5.41, 5.74) is 0. The normalized spacial score (nSPS) is 11.2. The Labute approximate surface area is 68.5 Å². The van der Waals surface area contributed by atoms with Gasteiger partial charge in [-0.1, -0.05) is 0 Å². The summed E-state index contributed by atoms with van der Waals surface area (Å²) in [6.07, 6.45) is 0. The maximum atomic E-state index is 12.2. The summed E-state index contributed by atoms with van der Waals surface area (Å²) < 4.78 is 46.2. The Bertz CT molecular complexity index is 356. The molecule has 0 fully saturated rings. The average Bonchev–Trinajstić information content (AvgIpc) is 1.91. The third kappa shape index (κ3) is 2.85. The van der Waals surface area contributed by atoms with Gasteiger partial charge in [0.2, 0.25) is 0 Å². The van der Waals surface area contributed by atoms with Crippen molar-refractivity contribution in [1.82, 2.24) is 0 Å². The number of rotatable bonds is 2. The molecule has 0 aliphatic carbocycles. The molecule has 0 radical (unpaired) electrons. The maximum Gasteiger partial charge on any atom is 0.262 e. The molecule has 1 aromatic rings. The molecule has 12 heavy (non-hydrogen) atoms. The standard InChI is InChI=1S/C6H5FO4S/c7-5-1-3-6(4-2-5)11-12(8,9)10/h1-4H,(H,8,9,10)/p-1. The van der Waals surface area contributed by atoms with Gasteiger partial charge in [-0.15, -0.1) is 0 Å². The maximum absolute atomic E-state index is 12.2. The van der Waals surface area contributed by atoms with Gasteiger partial charge in [0.15, 0.2) is 0 Å². The Balaban J connectivity index is 2.85. The van der Waals surface area contributed by atoms with E-state index in [1.807, 2.05) is 0 Å². The summed E-state index contributed by atoms with van der Waals surface area (Å²) in [4.78, 5) is 0. The van der Waals surface area contributed by atoms with E-state index < -0.39 is 16.2 Å². The van der Waals surface area contributed by atoms with Gasteiger partial charge in [0.25, 0.3) is 10.4 Å². The van der Waals surface area contributed by atoms with Crippen molar-refractivity contribution in [3.05, 3.63) is 30.1 Å². The van der Waals surface area contributed by atoms with Crippen molar-refractivity contribution in [2.75, 3.05) is 0 Å². The van der Waals surface area contributed by atoms with E-state index >= 15 is 0 Å². The van der Waals surface area contributed by atoms with Crippen molar-refractivity contribution >= 4 is 10.4 Å². The first-order valence-electron chi connectivity index (χ1n) is 2.88. The molecule has 0 aliphatic rings. The number of hydrogen-bond acceptors (Lipinski definition) is 4. The Kier molecular flexibility index (Phi) is 2.30. The highest BCUT2D eigenvalue weighted by atomic mass is 32.3. The van der Waals surface area contributed by atoms with Crippen LogP contribution in [0.25, 0.3) is 0 Å². The largest absolute Gasteiger partial charge is 0.716 e. The van der Waals surface area contributed by atoms with Crippen molar-refractivity contribution in [2.24, 2.45) is 0 Å². The fraction of sp³-hybridized carbons (Fsp3) is 0. The molecule has 0 saturated carbocycles. The highest BCUT2D eigenvalue weighted by Gasteiger charge is 1.97. The van der Waals surface area contributed by atoms with Crippen LogP contribution in [0.4, 0.5) is 4.39 Å². The molecular weight excluding hydrogens is 187 g/mol. The zero-order valence-corrected chi connectivity index (χ0v) is 6.55. The average molecular weight is 191 g/mol. The third-order valence-corrected chi connectivity index (χ3v) is 1.41. The predicted octanol–water partition coefficient (Wildman–Crippen LogP) is 0.665. The van der Waals surface area contributed by atoms with Gasteiger partial charge in [-0.25, -0.2) is 12.8 Å². The minimum absolute atomic E-state index is 0.202. The highest BCUT2D eigenvalue weighted by Crippen LogP contribution is 2.12. The van der Waals surface area contributed by atoms with Crippen molar-refractivity contribution in [2.45, 2.75) is 0 Å². The molecule has 0 N–H and O–H groups in total. The fourth-order valence-corrected chi connectivity index (χ4v) is 0.955. The van der Waals surface area contributed by atoms with Crippen molar-refractivity contribution in [1.29, 1.82) is 0 Å². The van der Waals surface area contributed by atoms with E-state index in [1.54, 1.807) is 0 Å². The molecule has 4 nitrogen and oxygen atoms in total. The molecule has 0 spiro atoms. The minimum atomic E-state index is -4.76. The van der Waals surface area contributed by atoms with Crippen LogP contribution in [0.15, 0.2) is 24.3 Å². The first-order chi connectivity index (χ1) is 5.47. The Hall–Kier alpha value is -1.14. The lowest BCUT2D eigenvalue weighted by atomic mass is 10.3. The van der Waals surface area contributed by atoms with Crippen LogP contribution in [0, 0.1) is 5.82 Å². The molecule has 6 heteroatoms. The molecule has 1 aromatic carbocycles. The van der Waals surface area contributed by atoms with Crippen LogP contribution in [0.3, 0.4) is 0 Å². The van der Waals surface area contributed by atoms with Gasteiger partial charge in [-0.05, 0) is 24.3 Å². The van der Waals surface area contributed by atoms with Crippen LogP contribution in [0.2, 0.25) is 0 Å². The number of halogens is 1. The molecule has 0 heterocycles. The van der Waals surface area contributed by atoms with E-state index in [9.17, 15) is 17.4 Å². The fourth-order valence-electron chi connectivity index (χ4n) is 0.608. The molecule has 66 valence electrons. The SMILES string of the molecule is O=S(=O)([O-])Oc1ccc(F)cc1. The predicted molar refractivity (Wildman–Crippen MR) is 36.7 cm³/mol. The van der Waals surface area contributed by atoms with E-state index in [2.05, 4.69) is 4.18 Å². The Morgan fingerprint density at radius 2 is 1.75 bits per heavy atom. The Morgan fingerprint density at radius 3 is 2.17 bits per heavy atom. The number of benzene rings is 1. The smallest absolute Gasteiger partial charge is 0.262 e. The van der Waals surface area contributed by atoms with Crippen LogP contribution in [0.1, 0.15) is 0 Å². The zero-order chi connectivity index (χ0) is 9.19. The minimum Gasteiger partial charge on any atom is -0.716 e. The van der Waals surface area contributed by atoms with Crippen LogP contribution in [0.5, 0.6) is 5.75 Å². The first kappa shape index (κ1) is 8.95. The second kappa shape index (κ2) is 3.08. The van der Waals surface area contributed by atoms with Gasteiger partial charge in [-0.2, -0.15) is 0 Å². The second-order valence-electron chi connectivity index (χ2n) is 1.95.